The lowest BCUT2D eigenvalue weighted by Gasteiger charge is -2.12. The van der Waals surface area contributed by atoms with E-state index in [4.69, 9.17) is 33.5 Å². The molecule has 1 fully saturated rings. The minimum absolute atomic E-state index is 0. The van der Waals surface area contributed by atoms with Crippen LogP contribution in [0.4, 0.5) is 0 Å². The standard InChI is InChI=1S/C16H17Cl2N3O2.ClH/c1-8-13(16(22)20-7-12(19)9-5-6-9)15(21-23-8)14-10(17)3-2-4-11(14)18;/h2-4,9,12H,5-7,19H2,1H3,(H,20,22);1H. The van der Waals surface area contributed by atoms with Crippen molar-refractivity contribution >= 4 is 41.5 Å². The second-order valence-corrected chi connectivity index (χ2v) is 6.58. The topological polar surface area (TPSA) is 81.2 Å². The maximum Gasteiger partial charge on any atom is 0.257 e. The predicted molar refractivity (Wildman–Crippen MR) is 97.0 cm³/mol. The fraction of sp³-hybridized carbons (Fsp3) is 0.375. The molecule has 5 nitrogen and oxygen atoms in total. The average Bonchev–Trinajstić information content (AvgIpc) is 3.29. The van der Waals surface area contributed by atoms with E-state index < -0.39 is 0 Å². The SMILES string of the molecule is Cc1onc(-c2c(Cl)cccc2Cl)c1C(=O)NCC(N)C1CC1.Cl. The lowest BCUT2D eigenvalue weighted by molar-refractivity contribution is 0.0949. The Morgan fingerprint density at radius 2 is 2.04 bits per heavy atom. The Hall–Kier alpha value is -1.27. The molecule has 3 rings (SSSR count). The number of hydrogen-bond donors (Lipinski definition) is 2. The van der Waals surface area contributed by atoms with Crippen LogP contribution in [0.1, 0.15) is 29.0 Å². The van der Waals surface area contributed by atoms with E-state index in [-0.39, 0.29) is 24.4 Å². The van der Waals surface area contributed by atoms with Crippen molar-refractivity contribution in [3.8, 4) is 11.3 Å². The molecule has 0 saturated heterocycles. The second-order valence-electron chi connectivity index (χ2n) is 5.77. The Morgan fingerprint density at radius 1 is 1.42 bits per heavy atom. The molecule has 1 saturated carbocycles. The fourth-order valence-corrected chi connectivity index (χ4v) is 3.10. The molecule has 0 bridgehead atoms. The zero-order valence-corrected chi connectivity index (χ0v) is 15.3. The number of carbonyl (C=O) groups is 1. The third kappa shape index (κ3) is 3.86. The summed E-state index contributed by atoms with van der Waals surface area (Å²) in [6, 6.07) is 5.09. The van der Waals surface area contributed by atoms with E-state index >= 15 is 0 Å². The molecule has 1 aromatic carbocycles. The van der Waals surface area contributed by atoms with Gasteiger partial charge in [-0.15, -0.1) is 12.4 Å². The number of hydrogen-bond acceptors (Lipinski definition) is 4. The molecule has 8 heteroatoms. The first kappa shape index (κ1) is 19.1. The Morgan fingerprint density at radius 3 is 2.62 bits per heavy atom. The highest BCUT2D eigenvalue weighted by molar-refractivity contribution is 6.39. The lowest BCUT2D eigenvalue weighted by Crippen LogP contribution is -2.38. The molecule has 1 unspecified atom stereocenters. The van der Waals surface area contributed by atoms with Crippen LogP contribution in [-0.4, -0.2) is 23.7 Å². The van der Waals surface area contributed by atoms with E-state index in [2.05, 4.69) is 10.5 Å². The van der Waals surface area contributed by atoms with Crippen molar-refractivity contribution in [1.82, 2.24) is 10.5 Å². The van der Waals surface area contributed by atoms with Crippen LogP contribution in [0.15, 0.2) is 22.7 Å². The van der Waals surface area contributed by atoms with Gasteiger partial charge in [0.15, 0.2) is 0 Å². The number of benzene rings is 1. The third-order valence-electron chi connectivity index (χ3n) is 4.02. The van der Waals surface area contributed by atoms with Gasteiger partial charge in [0.1, 0.15) is 17.0 Å². The third-order valence-corrected chi connectivity index (χ3v) is 4.65. The van der Waals surface area contributed by atoms with Crippen LogP contribution < -0.4 is 11.1 Å². The number of halogens is 3. The molecule has 1 amide bonds. The van der Waals surface area contributed by atoms with Crippen molar-refractivity contribution in [3.63, 3.8) is 0 Å². The number of aryl methyl sites for hydroxylation is 1. The zero-order valence-electron chi connectivity index (χ0n) is 13.0. The van der Waals surface area contributed by atoms with E-state index in [0.717, 1.165) is 12.8 Å². The van der Waals surface area contributed by atoms with Gasteiger partial charge in [-0.05, 0) is 37.8 Å². The lowest BCUT2D eigenvalue weighted by atomic mass is 10.1. The fourth-order valence-electron chi connectivity index (χ4n) is 2.52. The number of nitrogens with two attached hydrogens (primary N) is 1. The van der Waals surface area contributed by atoms with Crippen molar-refractivity contribution < 1.29 is 9.32 Å². The number of amides is 1. The molecule has 3 N–H and O–H groups in total. The van der Waals surface area contributed by atoms with Crippen LogP contribution >= 0.6 is 35.6 Å². The van der Waals surface area contributed by atoms with Crippen molar-refractivity contribution in [2.75, 3.05) is 6.54 Å². The maximum atomic E-state index is 12.5. The van der Waals surface area contributed by atoms with Crippen LogP contribution in [0.25, 0.3) is 11.3 Å². The molecular weight excluding hydrogens is 373 g/mol. The summed E-state index contributed by atoms with van der Waals surface area (Å²) in [5, 5.41) is 7.64. The first-order chi connectivity index (χ1) is 11.0. The molecule has 1 aromatic heterocycles. The van der Waals surface area contributed by atoms with Crippen LogP contribution in [0, 0.1) is 12.8 Å². The van der Waals surface area contributed by atoms with Gasteiger partial charge in [-0.2, -0.15) is 0 Å². The summed E-state index contributed by atoms with van der Waals surface area (Å²) in [7, 11) is 0. The molecule has 1 atom stereocenters. The van der Waals surface area contributed by atoms with Gasteiger partial charge in [0.25, 0.3) is 5.91 Å². The van der Waals surface area contributed by atoms with Gasteiger partial charge in [-0.25, -0.2) is 0 Å². The largest absolute Gasteiger partial charge is 0.360 e. The summed E-state index contributed by atoms with van der Waals surface area (Å²) in [4.78, 5) is 12.5. The predicted octanol–water partition coefficient (Wildman–Crippen LogP) is 3.85. The molecule has 1 aliphatic rings. The molecular formula is C16H18Cl3N3O2. The Labute approximate surface area is 156 Å². The molecule has 0 radical (unpaired) electrons. The van der Waals surface area contributed by atoms with Crippen LogP contribution in [0.3, 0.4) is 0 Å². The number of rotatable bonds is 5. The number of carbonyl (C=O) groups excluding carboxylic acids is 1. The number of aromatic nitrogens is 1. The van der Waals surface area contributed by atoms with Crippen LogP contribution in [-0.2, 0) is 0 Å². The summed E-state index contributed by atoms with van der Waals surface area (Å²) in [5.74, 6) is 0.635. The highest BCUT2D eigenvalue weighted by atomic mass is 35.5. The zero-order chi connectivity index (χ0) is 16.6. The normalized spacial score (nSPS) is 14.8. The second kappa shape index (κ2) is 7.74. The summed E-state index contributed by atoms with van der Waals surface area (Å²) in [6.07, 6.45) is 2.26. The van der Waals surface area contributed by atoms with Crippen molar-refractivity contribution in [3.05, 3.63) is 39.6 Å². The van der Waals surface area contributed by atoms with Crippen LogP contribution in [0.5, 0.6) is 0 Å². The van der Waals surface area contributed by atoms with E-state index in [0.29, 0.717) is 45.1 Å². The quantitative estimate of drug-likeness (QED) is 0.812. The van der Waals surface area contributed by atoms with Gasteiger partial charge in [0.2, 0.25) is 0 Å². The molecule has 1 aliphatic carbocycles. The number of nitrogens with one attached hydrogen (secondary N) is 1. The highest BCUT2D eigenvalue weighted by Gasteiger charge is 2.30. The summed E-state index contributed by atoms with van der Waals surface area (Å²) >= 11 is 12.4. The first-order valence-electron chi connectivity index (χ1n) is 7.43. The smallest absolute Gasteiger partial charge is 0.257 e. The Balaban J connectivity index is 0.00000208. The van der Waals surface area contributed by atoms with Crippen molar-refractivity contribution in [1.29, 1.82) is 0 Å². The minimum atomic E-state index is -0.286. The van der Waals surface area contributed by atoms with Gasteiger partial charge < -0.3 is 15.6 Å². The molecule has 1 heterocycles. The van der Waals surface area contributed by atoms with Crippen molar-refractivity contribution in [2.24, 2.45) is 11.7 Å². The first-order valence-corrected chi connectivity index (χ1v) is 8.19. The number of nitrogens with zero attached hydrogens (tertiary/aromatic N) is 1. The molecule has 24 heavy (non-hydrogen) atoms. The van der Waals surface area contributed by atoms with Gasteiger partial charge in [-0.1, -0.05) is 34.4 Å². The minimum Gasteiger partial charge on any atom is -0.360 e. The van der Waals surface area contributed by atoms with Crippen LogP contribution in [0.2, 0.25) is 10.0 Å². The van der Waals surface area contributed by atoms with Gasteiger partial charge in [-0.3, -0.25) is 4.79 Å². The van der Waals surface area contributed by atoms with Gasteiger partial charge in [0, 0.05) is 18.2 Å². The van der Waals surface area contributed by atoms with Crippen molar-refractivity contribution in [2.45, 2.75) is 25.8 Å². The maximum absolute atomic E-state index is 12.5. The molecule has 0 spiro atoms. The van der Waals surface area contributed by atoms with Gasteiger partial charge in [0.05, 0.1) is 10.0 Å². The highest BCUT2D eigenvalue weighted by Crippen LogP contribution is 2.36. The Kier molecular flexibility index (Phi) is 6.15. The monoisotopic (exact) mass is 389 g/mol. The van der Waals surface area contributed by atoms with E-state index in [1.165, 1.54) is 0 Å². The molecule has 130 valence electrons. The van der Waals surface area contributed by atoms with E-state index in [1.54, 1.807) is 25.1 Å². The summed E-state index contributed by atoms with van der Waals surface area (Å²) < 4.78 is 5.19. The van der Waals surface area contributed by atoms with E-state index in [9.17, 15) is 4.79 Å². The average molecular weight is 391 g/mol. The van der Waals surface area contributed by atoms with Gasteiger partial charge >= 0.3 is 0 Å². The molecule has 2 aromatic rings. The molecule has 0 aliphatic heterocycles. The Bertz CT molecular complexity index is 724. The summed E-state index contributed by atoms with van der Waals surface area (Å²) in [5.41, 5.74) is 7.19. The van der Waals surface area contributed by atoms with E-state index in [1.807, 2.05) is 0 Å². The summed E-state index contributed by atoms with van der Waals surface area (Å²) in [6.45, 7) is 2.10.